The monoisotopic (exact) mass is 380 g/mol. The Kier molecular flexibility index (Phi) is 5.49. The number of hydrogen-bond acceptors (Lipinski definition) is 6. The fraction of sp³-hybridized carbons (Fsp3) is 0.471. The summed E-state index contributed by atoms with van der Waals surface area (Å²) >= 11 is 0. The Hall–Kier alpha value is -2.10. The second kappa shape index (κ2) is 7.65. The molecule has 142 valence electrons. The second-order valence-corrected chi connectivity index (χ2v) is 8.43. The van der Waals surface area contributed by atoms with E-state index < -0.39 is 10.0 Å². The van der Waals surface area contributed by atoms with Crippen molar-refractivity contribution in [2.24, 2.45) is 0 Å². The summed E-state index contributed by atoms with van der Waals surface area (Å²) in [6.07, 6.45) is 5.20. The van der Waals surface area contributed by atoms with Gasteiger partial charge in [-0.25, -0.2) is 8.42 Å². The van der Waals surface area contributed by atoms with Gasteiger partial charge in [0.15, 0.2) is 0 Å². The molecule has 0 unspecified atom stereocenters. The molecule has 1 aliphatic rings. The van der Waals surface area contributed by atoms with Crippen LogP contribution in [0.5, 0.6) is 5.75 Å². The highest BCUT2D eigenvalue weighted by atomic mass is 32.2. The van der Waals surface area contributed by atoms with Gasteiger partial charge in [-0.15, -0.1) is 0 Å². The zero-order valence-electron chi connectivity index (χ0n) is 14.9. The first kappa shape index (κ1) is 18.7. The van der Waals surface area contributed by atoms with E-state index in [4.69, 9.17) is 4.74 Å². The Balaban J connectivity index is 1.72. The standard InChI is InChI=1S/C17H24N4O4S/c1-25-12-16-7-15(21-10-14(8-18-21)19-26(2,23)24)11-20(16)9-13-4-3-5-17(22)6-13/h3-6,8,10,15-16,19,22H,7,9,11-12H2,1-2H3/t15-,16-/m0/s1. The van der Waals surface area contributed by atoms with Crippen LogP contribution in [0.1, 0.15) is 18.0 Å². The average molecular weight is 380 g/mol. The smallest absolute Gasteiger partial charge is 0.229 e. The predicted octanol–water partition coefficient (Wildman–Crippen LogP) is 1.42. The Morgan fingerprint density at radius 1 is 1.42 bits per heavy atom. The molecular formula is C17H24N4O4S. The number of sulfonamides is 1. The van der Waals surface area contributed by atoms with E-state index in [1.807, 2.05) is 12.1 Å². The van der Waals surface area contributed by atoms with Crippen LogP contribution in [0, 0.1) is 0 Å². The van der Waals surface area contributed by atoms with Crippen molar-refractivity contribution in [3.05, 3.63) is 42.2 Å². The van der Waals surface area contributed by atoms with Gasteiger partial charge >= 0.3 is 0 Å². The van der Waals surface area contributed by atoms with Gasteiger partial charge in [-0.2, -0.15) is 5.10 Å². The molecule has 2 heterocycles. The number of likely N-dealkylation sites (tertiary alicyclic amines) is 1. The largest absolute Gasteiger partial charge is 0.508 e. The topological polar surface area (TPSA) is 96.7 Å². The van der Waals surface area contributed by atoms with Crippen molar-refractivity contribution >= 4 is 15.7 Å². The fourth-order valence-electron chi connectivity index (χ4n) is 3.40. The number of hydrogen-bond donors (Lipinski definition) is 2. The van der Waals surface area contributed by atoms with Gasteiger partial charge < -0.3 is 9.84 Å². The van der Waals surface area contributed by atoms with Crippen LogP contribution in [0.4, 0.5) is 5.69 Å². The lowest BCUT2D eigenvalue weighted by Gasteiger charge is -2.23. The number of rotatable bonds is 7. The van der Waals surface area contributed by atoms with E-state index in [-0.39, 0.29) is 17.8 Å². The van der Waals surface area contributed by atoms with Gasteiger partial charge in [0.2, 0.25) is 10.0 Å². The molecule has 26 heavy (non-hydrogen) atoms. The second-order valence-electron chi connectivity index (χ2n) is 6.68. The van der Waals surface area contributed by atoms with Crippen molar-refractivity contribution < 1.29 is 18.3 Å². The van der Waals surface area contributed by atoms with Gasteiger partial charge in [-0.05, 0) is 24.1 Å². The van der Waals surface area contributed by atoms with Crippen LogP contribution in [0.15, 0.2) is 36.7 Å². The number of phenolic OH excluding ortho intramolecular Hbond substituents is 1. The number of aromatic nitrogens is 2. The van der Waals surface area contributed by atoms with E-state index in [0.717, 1.165) is 24.8 Å². The van der Waals surface area contributed by atoms with Gasteiger partial charge in [0, 0.05) is 32.4 Å². The molecule has 0 radical (unpaired) electrons. The maximum absolute atomic E-state index is 11.4. The van der Waals surface area contributed by atoms with E-state index in [1.54, 1.807) is 30.1 Å². The van der Waals surface area contributed by atoms with E-state index in [0.29, 0.717) is 18.8 Å². The summed E-state index contributed by atoms with van der Waals surface area (Å²) in [6, 6.07) is 7.59. The maximum atomic E-state index is 11.4. The minimum atomic E-state index is -3.32. The number of methoxy groups -OCH3 is 1. The summed E-state index contributed by atoms with van der Waals surface area (Å²) in [5.74, 6) is 0.255. The summed E-state index contributed by atoms with van der Waals surface area (Å²) in [7, 11) is -1.64. The first-order chi connectivity index (χ1) is 12.3. The third-order valence-electron chi connectivity index (χ3n) is 4.44. The predicted molar refractivity (Wildman–Crippen MR) is 98.5 cm³/mol. The highest BCUT2D eigenvalue weighted by Crippen LogP contribution is 2.30. The summed E-state index contributed by atoms with van der Waals surface area (Å²) in [5, 5.41) is 14.0. The molecule has 1 fully saturated rings. The number of aromatic hydroxyl groups is 1. The number of nitrogens with one attached hydrogen (secondary N) is 1. The number of nitrogens with zero attached hydrogens (tertiary/aromatic N) is 3. The molecule has 1 aromatic carbocycles. The fourth-order valence-corrected chi connectivity index (χ4v) is 3.94. The van der Waals surface area contributed by atoms with Crippen LogP contribution in [-0.2, 0) is 21.3 Å². The normalized spacial score (nSPS) is 21.2. The molecule has 3 rings (SSSR count). The van der Waals surface area contributed by atoms with Crippen LogP contribution in [0.25, 0.3) is 0 Å². The first-order valence-electron chi connectivity index (χ1n) is 8.37. The van der Waals surface area contributed by atoms with Crippen molar-refractivity contribution in [1.82, 2.24) is 14.7 Å². The molecule has 2 atom stereocenters. The molecule has 8 nitrogen and oxygen atoms in total. The molecule has 0 spiro atoms. The Labute approximate surface area is 153 Å². The third-order valence-corrected chi connectivity index (χ3v) is 5.05. The molecule has 0 saturated carbocycles. The van der Waals surface area contributed by atoms with E-state index in [2.05, 4.69) is 14.7 Å². The van der Waals surface area contributed by atoms with Crippen molar-refractivity contribution in [1.29, 1.82) is 0 Å². The summed E-state index contributed by atoms with van der Waals surface area (Å²) in [5.41, 5.74) is 1.49. The highest BCUT2D eigenvalue weighted by Gasteiger charge is 2.33. The first-order valence-corrected chi connectivity index (χ1v) is 10.3. The van der Waals surface area contributed by atoms with E-state index in [1.165, 1.54) is 6.20 Å². The molecular weight excluding hydrogens is 356 g/mol. The molecule has 0 amide bonds. The van der Waals surface area contributed by atoms with E-state index >= 15 is 0 Å². The number of anilines is 1. The van der Waals surface area contributed by atoms with Gasteiger partial charge in [-0.3, -0.25) is 14.3 Å². The van der Waals surface area contributed by atoms with E-state index in [9.17, 15) is 13.5 Å². The molecule has 2 N–H and O–H groups in total. The maximum Gasteiger partial charge on any atom is 0.229 e. The summed E-state index contributed by atoms with van der Waals surface area (Å²) < 4.78 is 32.3. The van der Waals surface area contributed by atoms with Gasteiger partial charge in [0.1, 0.15) is 5.75 Å². The zero-order chi connectivity index (χ0) is 18.7. The molecule has 0 aliphatic carbocycles. The van der Waals surface area contributed by atoms with Crippen LogP contribution >= 0.6 is 0 Å². The summed E-state index contributed by atoms with van der Waals surface area (Å²) in [4.78, 5) is 2.30. The van der Waals surface area contributed by atoms with Gasteiger partial charge in [0.05, 0.1) is 30.8 Å². The molecule has 0 bridgehead atoms. The molecule has 2 aromatic rings. The highest BCUT2D eigenvalue weighted by molar-refractivity contribution is 7.92. The number of phenols is 1. The quantitative estimate of drug-likeness (QED) is 0.754. The molecule has 1 aliphatic heterocycles. The average Bonchev–Trinajstić information content (AvgIpc) is 3.14. The van der Waals surface area contributed by atoms with Crippen LogP contribution in [0.3, 0.4) is 0 Å². The Morgan fingerprint density at radius 3 is 2.92 bits per heavy atom. The van der Waals surface area contributed by atoms with Crippen LogP contribution < -0.4 is 4.72 Å². The SMILES string of the molecule is COC[C@@H]1C[C@H](n2cc(NS(C)(=O)=O)cn2)CN1Cc1cccc(O)c1. The lowest BCUT2D eigenvalue weighted by molar-refractivity contribution is 0.112. The summed E-state index contributed by atoms with van der Waals surface area (Å²) in [6.45, 7) is 2.07. The minimum Gasteiger partial charge on any atom is -0.508 e. The third kappa shape index (κ3) is 4.75. The minimum absolute atomic E-state index is 0.127. The van der Waals surface area contributed by atoms with Crippen molar-refractivity contribution in [2.45, 2.75) is 25.0 Å². The Morgan fingerprint density at radius 2 is 2.23 bits per heavy atom. The van der Waals surface area contributed by atoms with Crippen molar-refractivity contribution in [3.8, 4) is 5.75 Å². The van der Waals surface area contributed by atoms with Crippen molar-refractivity contribution in [3.63, 3.8) is 0 Å². The zero-order valence-corrected chi connectivity index (χ0v) is 15.7. The molecule has 1 aromatic heterocycles. The molecule has 1 saturated heterocycles. The van der Waals surface area contributed by atoms with Gasteiger partial charge in [0.25, 0.3) is 0 Å². The lowest BCUT2D eigenvalue weighted by atomic mass is 10.1. The number of ether oxygens (including phenoxy) is 1. The van der Waals surface area contributed by atoms with Crippen LogP contribution in [-0.4, -0.2) is 60.8 Å². The Bertz CT molecular complexity index is 852. The number of benzene rings is 1. The van der Waals surface area contributed by atoms with Gasteiger partial charge in [-0.1, -0.05) is 12.1 Å². The lowest BCUT2D eigenvalue weighted by Crippen LogP contribution is -2.32. The van der Waals surface area contributed by atoms with Crippen LogP contribution in [0.2, 0.25) is 0 Å². The molecule has 9 heteroatoms. The van der Waals surface area contributed by atoms with Crippen molar-refractivity contribution in [2.75, 3.05) is 31.2 Å².